The summed E-state index contributed by atoms with van der Waals surface area (Å²) in [5.74, 6) is 3.00. The van der Waals surface area contributed by atoms with Gasteiger partial charge in [0.25, 0.3) is 0 Å². The molecule has 1 amide bonds. The molecular formula is C15H26N2O. The van der Waals surface area contributed by atoms with Crippen molar-refractivity contribution in [3.8, 4) is 0 Å². The number of likely N-dealkylation sites (N-methyl/N-ethyl adjacent to an activating group) is 1. The summed E-state index contributed by atoms with van der Waals surface area (Å²) >= 11 is 0. The predicted molar refractivity (Wildman–Crippen MR) is 72.2 cm³/mol. The summed E-state index contributed by atoms with van der Waals surface area (Å²) in [6, 6.07) is 0. The third-order valence-electron chi connectivity index (χ3n) is 5.49. The van der Waals surface area contributed by atoms with Crippen molar-refractivity contribution < 1.29 is 4.79 Å². The van der Waals surface area contributed by atoms with Gasteiger partial charge in [-0.05, 0) is 43.6 Å². The molecule has 3 nitrogen and oxygen atoms in total. The molecule has 1 heterocycles. The van der Waals surface area contributed by atoms with Gasteiger partial charge in [0.1, 0.15) is 0 Å². The first-order chi connectivity index (χ1) is 8.76. The van der Waals surface area contributed by atoms with Gasteiger partial charge in [0, 0.05) is 32.6 Å². The molecule has 2 saturated carbocycles. The second-order valence-corrected chi connectivity index (χ2v) is 6.45. The largest absolute Gasteiger partial charge is 0.340 e. The Hall–Kier alpha value is -0.570. The van der Waals surface area contributed by atoms with Crippen LogP contribution in [0.1, 0.15) is 39.0 Å². The molecule has 0 unspecified atom stereocenters. The Morgan fingerprint density at radius 3 is 2.44 bits per heavy atom. The lowest BCUT2D eigenvalue weighted by molar-refractivity contribution is -0.134. The van der Waals surface area contributed by atoms with Gasteiger partial charge >= 0.3 is 0 Å². The van der Waals surface area contributed by atoms with E-state index < -0.39 is 0 Å². The number of amides is 1. The molecule has 0 radical (unpaired) electrons. The highest BCUT2D eigenvalue weighted by molar-refractivity contribution is 5.76. The first-order valence-electron chi connectivity index (χ1n) is 7.76. The minimum atomic E-state index is 0.434. The molecule has 18 heavy (non-hydrogen) atoms. The summed E-state index contributed by atoms with van der Waals surface area (Å²) in [4.78, 5) is 16.9. The Morgan fingerprint density at radius 2 is 1.89 bits per heavy atom. The molecule has 0 N–H and O–H groups in total. The van der Waals surface area contributed by atoms with Crippen LogP contribution in [0, 0.1) is 17.8 Å². The zero-order valence-electron chi connectivity index (χ0n) is 11.6. The topological polar surface area (TPSA) is 23.6 Å². The smallest absolute Gasteiger partial charge is 0.222 e. The van der Waals surface area contributed by atoms with E-state index in [-0.39, 0.29) is 0 Å². The number of hydrogen-bond acceptors (Lipinski definition) is 2. The monoisotopic (exact) mass is 250 g/mol. The second kappa shape index (κ2) is 5.20. The van der Waals surface area contributed by atoms with Crippen LogP contribution in [0.25, 0.3) is 0 Å². The van der Waals surface area contributed by atoms with E-state index in [2.05, 4.69) is 16.7 Å². The van der Waals surface area contributed by atoms with Crippen LogP contribution >= 0.6 is 0 Å². The van der Waals surface area contributed by atoms with E-state index in [4.69, 9.17) is 0 Å². The minimum absolute atomic E-state index is 0.434. The molecule has 3 fully saturated rings. The number of carbonyl (C=O) groups is 1. The quantitative estimate of drug-likeness (QED) is 0.764. The lowest BCUT2D eigenvalue weighted by Gasteiger charge is -2.35. The number of fused-ring (bicyclic) bond motifs is 2. The van der Waals surface area contributed by atoms with Crippen LogP contribution in [0.15, 0.2) is 0 Å². The first-order valence-corrected chi connectivity index (χ1v) is 7.76. The SMILES string of the molecule is CCN1CCN(C(=O)C[C@@H]2C[C@H]3CC[C@H]2C3)CC1. The summed E-state index contributed by atoms with van der Waals surface area (Å²) in [5, 5.41) is 0. The Kier molecular flexibility index (Phi) is 3.60. The van der Waals surface area contributed by atoms with Crippen molar-refractivity contribution in [2.45, 2.75) is 39.0 Å². The number of rotatable bonds is 3. The fraction of sp³-hybridized carbons (Fsp3) is 0.933. The van der Waals surface area contributed by atoms with Crippen molar-refractivity contribution in [3.05, 3.63) is 0 Å². The molecule has 3 atom stereocenters. The molecule has 3 rings (SSSR count). The Morgan fingerprint density at radius 1 is 1.11 bits per heavy atom. The molecule has 0 aromatic rings. The Balaban J connectivity index is 1.47. The van der Waals surface area contributed by atoms with E-state index in [0.29, 0.717) is 5.91 Å². The van der Waals surface area contributed by atoms with E-state index in [9.17, 15) is 4.79 Å². The molecule has 0 aromatic heterocycles. The van der Waals surface area contributed by atoms with Crippen molar-refractivity contribution >= 4 is 5.91 Å². The van der Waals surface area contributed by atoms with Gasteiger partial charge in [-0.2, -0.15) is 0 Å². The molecule has 3 heteroatoms. The highest BCUT2D eigenvalue weighted by Gasteiger charge is 2.40. The van der Waals surface area contributed by atoms with Crippen LogP contribution in [0.3, 0.4) is 0 Å². The average Bonchev–Trinajstić information content (AvgIpc) is 3.01. The molecule has 2 bridgehead atoms. The van der Waals surface area contributed by atoms with E-state index in [0.717, 1.165) is 56.9 Å². The summed E-state index contributed by atoms with van der Waals surface area (Å²) in [7, 11) is 0. The zero-order valence-corrected chi connectivity index (χ0v) is 11.6. The van der Waals surface area contributed by atoms with Crippen molar-refractivity contribution in [1.29, 1.82) is 0 Å². The van der Waals surface area contributed by atoms with Crippen molar-refractivity contribution in [2.24, 2.45) is 17.8 Å². The molecule has 0 spiro atoms. The summed E-state index contributed by atoms with van der Waals surface area (Å²) in [6.07, 6.45) is 6.43. The number of piperazine rings is 1. The third kappa shape index (κ3) is 2.42. The van der Waals surface area contributed by atoms with Crippen LogP contribution in [-0.4, -0.2) is 48.4 Å². The molecule has 102 valence electrons. The summed E-state index contributed by atoms with van der Waals surface area (Å²) in [5.41, 5.74) is 0. The molecular weight excluding hydrogens is 224 g/mol. The van der Waals surface area contributed by atoms with E-state index in [1.54, 1.807) is 0 Å². The van der Waals surface area contributed by atoms with Gasteiger partial charge in [0.2, 0.25) is 5.91 Å². The number of hydrogen-bond donors (Lipinski definition) is 0. The average molecular weight is 250 g/mol. The molecule has 0 aromatic carbocycles. The van der Waals surface area contributed by atoms with E-state index in [1.165, 1.54) is 25.7 Å². The van der Waals surface area contributed by atoms with Crippen molar-refractivity contribution in [3.63, 3.8) is 0 Å². The summed E-state index contributed by atoms with van der Waals surface area (Å²) in [6.45, 7) is 7.36. The Bertz CT molecular complexity index is 310. The van der Waals surface area contributed by atoms with E-state index in [1.807, 2.05) is 0 Å². The van der Waals surface area contributed by atoms with E-state index >= 15 is 0 Å². The van der Waals surface area contributed by atoms with Crippen molar-refractivity contribution in [1.82, 2.24) is 9.80 Å². The standard InChI is InChI=1S/C15H26N2O/c1-2-16-5-7-17(8-6-16)15(18)11-14-10-12-3-4-13(14)9-12/h12-14H,2-11H2,1H3/t12-,13-,14-/m0/s1. The minimum Gasteiger partial charge on any atom is -0.340 e. The molecule has 1 saturated heterocycles. The van der Waals surface area contributed by atoms with Crippen LogP contribution in [0.2, 0.25) is 0 Å². The van der Waals surface area contributed by atoms with Gasteiger partial charge in [0.05, 0.1) is 0 Å². The second-order valence-electron chi connectivity index (χ2n) is 6.45. The van der Waals surface area contributed by atoms with Gasteiger partial charge in [0.15, 0.2) is 0 Å². The van der Waals surface area contributed by atoms with Gasteiger partial charge in [-0.25, -0.2) is 0 Å². The maximum atomic E-state index is 12.3. The molecule has 2 aliphatic carbocycles. The van der Waals surface area contributed by atoms with Gasteiger partial charge < -0.3 is 9.80 Å². The highest BCUT2D eigenvalue weighted by atomic mass is 16.2. The van der Waals surface area contributed by atoms with Gasteiger partial charge in [-0.15, -0.1) is 0 Å². The number of carbonyl (C=O) groups excluding carboxylic acids is 1. The van der Waals surface area contributed by atoms with Crippen LogP contribution < -0.4 is 0 Å². The van der Waals surface area contributed by atoms with Crippen LogP contribution in [0.5, 0.6) is 0 Å². The highest BCUT2D eigenvalue weighted by Crippen LogP contribution is 2.49. The normalized spacial score (nSPS) is 36.3. The van der Waals surface area contributed by atoms with Crippen molar-refractivity contribution in [2.75, 3.05) is 32.7 Å². The number of nitrogens with zero attached hydrogens (tertiary/aromatic N) is 2. The predicted octanol–water partition coefficient (Wildman–Crippen LogP) is 1.98. The Labute approximate surface area is 111 Å². The van der Waals surface area contributed by atoms with Gasteiger partial charge in [-0.1, -0.05) is 13.3 Å². The lowest BCUT2D eigenvalue weighted by Crippen LogP contribution is -2.48. The first kappa shape index (κ1) is 12.5. The fourth-order valence-corrected chi connectivity index (χ4v) is 4.29. The van der Waals surface area contributed by atoms with Crippen LogP contribution in [0.4, 0.5) is 0 Å². The molecule has 3 aliphatic rings. The van der Waals surface area contributed by atoms with Gasteiger partial charge in [-0.3, -0.25) is 4.79 Å². The maximum Gasteiger partial charge on any atom is 0.222 e. The lowest BCUT2D eigenvalue weighted by atomic mass is 9.86. The third-order valence-corrected chi connectivity index (χ3v) is 5.49. The zero-order chi connectivity index (χ0) is 12.5. The molecule has 1 aliphatic heterocycles. The maximum absolute atomic E-state index is 12.3. The summed E-state index contributed by atoms with van der Waals surface area (Å²) < 4.78 is 0. The fourth-order valence-electron chi connectivity index (χ4n) is 4.29. The van der Waals surface area contributed by atoms with Crippen LogP contribution in [-0.2, 0) is 4.79 Å².